The maximum Gasteiger partial charge on any atom is 0.187 e. The van der Waals surface area contributed by atoms with Crippen molar-refractivity contribution in [2.24, 2.45) is 20.5 Å². The summed E-state index contributed by atoms with van der Waals surface area (Å²) in [6.07, 6.45) is -11.2. The van der Waals surface area contributed by atoms with E-state index in [1.54, 1.807) is 6.08 Å². The zero-order valence-corrected chi connectivity index (χ0v) is 40.9. The first kappa shape index (κ1) is 54.4. The number of azide groups is 4. The molecule has 3 aliphatic heterocycles. The lowest BCUT2D eigenvalue weighted by Crippen LogP contribution is -2.66. The molecule has 0 spiro atoms. The van der Waals surface area contributed by atoms with Crippen LogP contribution < -0.4 is 0 Å². The topological polar surface area (TPSA) is 297 Å². The summed E-state index contributed by atoms with van der Waals surface area (Å²) in [7, 11) is 0. The summed E-state index contributed by atoms with van der Waals surface area (Å²) in [6, 6.07) is 34.4. The first-order valence-electron chi connectivity index (χ1n) is 24.5. The molecule has 4 aliphatic rings. The van der Waals surface area contributed by atoms with Gasteiger partial charge in [-0.25, -0.2) is 0 Å². The molecule has 4 aromatic rings. The Morgan fingerprint density at radius 1 is 0.520 bits per heavy atom. The van der Waals surface area contributed by atoms with Crippen LogP contribution in [0.3, 0.4) is 0 Å². The van der Waals surface area contributed by atoms with Crippen molar-refractivity contribution in [3.63, 3.8) is 0 Å². The smallest absolute Gasteiger partial charge is 0.187 e. The van der Waals surface area contributed by atoms with E-state index >= 15 is 0 Å². The Balaban J connectivity index is 1.16. The van der Waals surface area contributed by atoms with Crippen molar-refractivity contribution in [3.8, 4) is 0 Å². The number of fused-ring (bicyclic) bond motifs is 1. The fraction of sp³-hybridized carbons (Fsp3) is 0.462. The molecule has 1 saturated carbocycles. The van der Waals surface area contributed by atoms with Crippen LogP contribution in [0.2, 0.25) is 0 Å². The standard InChI is InChI=1S/C52H58N12O11/c1-3-25-65-47-42(73-51-46(68-30-34-19-11-6-12-20-34)41(60-64-56)44-40(72-51)32-70-50(75-44)36-23-15-8-16-24-36)37(58-62-54)27-38(59-63-55)43(47)74-52-49(66-26-4-2)48(69-31-35-21-13-7-14-22-35)45(39(71-52)28-57-61-53)67-29-33-17-9-5-10-18-33/h3-24,37-52H,1-2,25-32H2/t37-,38+,39-,40-,41+,42+,43-,44-,45-,46-,47-,48+,49-,50?,51-,52-/m1/s1. The molecule has 23 nitrogen and oxygen atoms in total. The van der Waals surface area contributed by atoms with Gasteiger partial charge in [0.15, 0.2) is 18.9 Å². The molecule has 0 radical (unpaired) electrons. The van der Waals surface area contributed by atoms with Crippen molar-refractivity contribution in [2.45, 2.75) is 124 Å². The van der Waals surface area contributed by atoms with E-state index in [0.717, 1.165) is 22.3 Å². The van der Waals surface area contributed by atoms with Gasteiger partial charge in [0.25, 0.3) is 0 Å². The van der Waals surface area contributed by atoms with Crippen LogP contribution in [0.25, 0.3) is 41.8 Å². The fourth-order valence-electron chi connectivity index (χ4n) is 9.64. The van der Waals surface area contributed by atoms with Crippen molar-refractivity contribution in [2.75, 3.05) is 26.4 Å². The minimum absolute atomic E-state index is 0.00414. The summed E-state index contributed by atoms with van der Waals surface area (Å²) in [4.78, 5) is 12.6. The van der Waals surface area contributed by atoms with Gasteiger partial charge < -0.3 is 52.1 Å². The van der Waals surface area contributed by atoms with E-state index in [4.69, 9.17) is 52.1 Å². The van der Waals surface area contributed by atoms with Crippen molar-refractivity contribution in [3.05, 3.63) is 211 Å². The highest BCUT2D eigenvalue weighted by atomic mass is 16.8. The van der Waals surface area contributed by atoms with E-state index < -0.39 is 98.0 Å². The molecule has 0 bridgehead atoms. The summed E-state index contributed by atoms with van der Waals surface area (Å²) in [5.74, 6) is 0. The number of ether oxygens (including phenoxy) is 11. The monoisotopic (exact) mass is 1030 g/mol. The summed E-state index contributed by atoms with van der Waals surface area (Å²) >= 11 is 0. The average molecular weight is 1030 g/mol. The molecule has 0 N–H and O–H groups in total. The number of hydrogen-bond acceptors (Lipinski definition) is 15. The molecule has 392 valence electrons. The second-order valence-electron chi connectivity index (χ2n) is 17.8. The zero-order valence-electron chi connectivity index (χ0n) is 40.9. The van der Waals surface area contributed by atoms with E-state index in [1.165, 1.54) is 6.08 Å². The minimum Gasteiger partial charge on any atom is -0.369 e. The lowest BCUT2D eigenvalue weighted by atomic mass is 9.83. The van der Waals surface area contributed by atoms with Crippen LogP contribution in [0.5, 0.6) is 0 Å². The molecular weight excluding hydrogens is 969 g/mol. The van der Waals surface area contributed by atoms with Crippen molar-refractivity contribution >= 4 is 0 Å². The van der Waals surface area contributed by atoms with Crippen LogP contribution in [-0.2, 0) is 71.9 Å². The van der Waals surface area contributed by atoms with Crippen LogP contribution >= 0.6 is 0 Å². The largest absolute Gasteiger partial charge is 0.369 e. The Hall–Kier alpha value is -6.84. The van der Waals surface area contributed by atoms with Gasteiger partial charge in [-0.15, -0.1) is 13.2 Å². The second kappa shape index (κ2) is 28.2. The van der Waals surface area contributed by atoms with E-state index in [0.29, 0.717) is 0 Å². The summed E-state index contributed by atoms with van der Waals surface area (Å²) in [5, 5.41) is 16.5. The Morgan fingerprint density at radius 2 is 1.00 bits per heavy atom. The number of rotatable bonds is 25. The fourth-order valence-corrected chi connectivity index (χ4v) is 9.64. The SMILES string of the molecule is C=CCO[C@@H]1[C@@H](O[C@H]2O[C@@H]3COC(c4ccccc4)O[C@H]3[C@H](N=[N+]=[N-])[C@H]2OCc2ccccc2)[C@H](N=[N+]=[N-])C[C@H](N=[N+]=[N-])[C@H]1O[C@H]1O[C@H](CN=[N+]=[N-])[C@@H](OCc2ccccc2)[C@H](OCc2ccccc2)[C@H]1OCC=C. The molecule has 1 unspecified atom stereocenters. The molecule has 0 amide bonds. The van der Waals surface area contributed by atoms with Crippen molar-refractivity contribution < 1.29 is 52.1 Å². The van der Waals surface area contributed by atoms with Crippen molar-refractivity contribution in [1.29, 1.82) is 0 Å². The molecule has 16 atom stereocenters. The third kappa shape index (κ3) is 14.1. The van der Waals surface area contributed by atoms with Crippen LogP contribution in [0, 0.1) is 0 Å². The number of nitrogens with zero attached hydrogens (tertiary/aromatic N) is 12. The molecule has 1 aliphatic carbocycles. The van der Waals surface area contributed by atoms with E-state index in [9.17, 15) is 22.1 Å². The minimum atomic E-state index is -1.37. The predicted octanol–water partition coefficient (Wildman–Crippen LogP) is 9.97. The van der Waals surface area contributed by atoms with Gasteiger partial charge in [-0.05, 0) is 45.2 Å². The van der Waals surface area contributed by atoms with E-state index in [1.807, 2.05) is 121 Å². The number of hydrogen-bond donors (Lipinski definition) is 0. The maximum atomic E-state index is 10.1. The zero-order chi connectivity index (χ0) is 52.2. The third-order valence-electron chi connectivity index (χ3n) is 13.0. The van der Waals surface area contributed by atoms with Gasteiger partial charge in [-0.3, -0.25) is 0 Å². The molecule has 3 saturated heterocycles. The van der Waals surface area contributed by atoms with E-state index in [2.05, 4.69) is 53.3 Å². The average Bonchev–Trinajstić information content (AvgIpc) is 3.46. The normalized spacial score (nSPS) is 31.1. The molecule has 23 heteroatoms. The van der Waals surface area contributed by atoms with Gasteiger partial charge in [0.1, 0.15) is 42.7 Å². The number of benzene rings is 4. The molecule has 8 rings (SSSR count). The van der Waals surface area contributed by atoms with Gasteiger partial charge in [0, 0.05) is 25.2 Å². The van der Waals surface area contributed by atoms with Gasteiger partial charge in [-0.2, -0.15) is 0 Å². The van der Waals surface area contributed by atoms with E-state index in [-0.39, 0.29) is 52.6 Å². The highest BCUT2D eigenvalue weighted by molar-refractivity contribution is 5.18. The molecular formula is C52H58N12O11. The summed E-state index contributed by atoms with van der Waals surface area (Å²) in [6.45, 7) is 7.77. The van der Waals surface area contributed by atoms with Gasteiger partial charge >= 0.3 is 0 Å². The first-order valence-corrected chi connectivity index (χ1v) is 24.5. The van der Waals surface area contributed by atoms with Crippen LogP contribution in [0.15, 0.2) is 167 Å². The molecule has 4 fully saturated rings. The Kier molecular flexibility index (Phi) is 20.4. The molecule has 3 heterocycles. The second-order valence-corrected chi connectivity index (χ2v) is 17.8. The maximum absolute atomic E-state index is 10.1. The highest BCUT2D eigenvalue weighted by Crippen LogP contribution is 2.41. The van der Waals surface area contributed by atoms with Gasteiger partial charge in [0.05, 0.1) is 82.6 Å². The molecule has 4 aromatic carbocycles. The summed E-state index contributed by atoms with van der Waals surface area (Å²) in [5.41, 5.74) is 43.1. The van der Waals surface area contributed by atoms with Crippen molar-refractivity contribution in [1.82, 2.24) is 0 Å². The summed E-state index contributed by atoms with van der Waals surface area (Å²) < 4.78 is 73.2. The van der Waals surface area contributed by atoms with Crippen LogP contribution in [0.4, 0.5) is 0 Å². The highest BCUT2D eigenvalue weighted by Gasteiger charge is 2.56. The Morgan fingerprint density at radius 3 is 1.52 bits per heavy atom. The van der Waals surface area contributed by atoms with Gasteiger partial charge in [0.2, 0.25) is 0 Å². The predicted molar refractivity (Wildman–Crippen MR) is 269 cm³/mol. The quantitative estimate of drug-likeness (QED) is 0.0260. The molecule has 0 aromatic heterocycles. The Labute approximate surface area is 432 Å². The van der Waals surface area contributed by atoms with Crippen LogP contribution in [0.1, 0.15) is 35.0 Å². The molecule has 75 heavy (non-hydrogen) atoms. The lowest BCUT2D eigenvalue weighted by molar-refractivity contribution is -0.365. The van der Waals surface area contributed by atoms with Gasteiger partial charge in [-0.1, -0.05) is 154 Å². The first-order chi connectivity index (χ1) is 37.0. The third-order valence-corrected chi connectivity index (χ3v) is 13.0. The van der Waals surface area contributed by atoms with Crippen LogP contribution in [-0.4, -0.2) is 118 Å². The Bertz CT molecular complexity index is 2630. The lowest BCUT2D eigenvalue weighted by Gasteiger charge is -2.51.